The Morgan fingerprint density at radius 3 is 2.48 bits per heavy atom. The number of nitrogens with zero attached hydrogens (tertiary/aromatic N) is 1. The highest BCUT2D eigenvalue weighted by molar-refractivity contribution is 9.10. The van der Waals surface area contributed by atoms with Crippen LogP contribution in [0.1, 0.15) is 61.0 Å². The van der Waals surface area contributed by atoms with Crippen LogP contribution in [0.3, 0.4) is 0 Å². The van der Waals surface area contributed by atoms with Crippen LogP contribution >= 0.6 is 15.9 Å². The molecule has 2 saturated carbocycles. The first kappa shape index (κ1) is 22.3. The lowest BCUT2D eigenvalue weighted by Crippen LogP contribution is -2.50. The molecule has 0 radical (unpaired) electrons. The van der Waals surface area contributed by atoms with Crippen LogP contribution in [-0.2, 0) is 9.53 Å². The Bertz CT molecular complexity index is 1220. The van der Waals surface area contributed by atoms with Gasteiger partial charge in [-0.3, -0.25) is 9.59 Å². The van der Waals surface area contributed by atoms with Gasteiger partial charge in [-0.25, -0.2) is 4.39 Å². The maximum absolute atomic E-state index is 14.6. The molecule has 0 amide bonds. The Morgan fingerprint density at radius 2 is 1.82 bits per heavy atom. The summed E-state index contributed by atoms with van der Waals surface area (Å²) in [6.45, 7) is 2.06. The van der Waals surface area contributed by atoms with E-state index in [2.05, 4.69) is 22.9 Å². The van der Waals surface area contributed by atoms with Crippen LogP contribution in [0.5, 0.6) is 0 Å². The second kappa shape index (κ2) is 8.39. The first-order chi connectivity index (χ1) is 15.8. The number of aromatic nitrogens is 1. The third kappa shape index (κ3) is 3.92. The van der Waals surface area contributed by atoms with Gasteiger partial charge in [-0.15, -0.1) is 0 Å². The van der Waals surface area contributed by atoms with Gasteiger partial charge < -0.3 is 9.30 Å². The maximum atomic E-state index is 14.6. The molecule has 5 rings (SSSR count). The van der Waals surface area contributed by atoms with Crippen molar-refractivity contribution in [2.45, 2.75) is 45.1 Å². The minimum absolute atomic E-state index is 0.0201. The molecule has 2 aliphatic carbocycles. The average molecular weight is 512 g/mol. The number of esters is 1. The highest BCUT2D eigenvalue weighted by Crippen LogP contribution is 2.62. The normalized spacial score (nSPS) is 24.8. The summed E-state index contributed by atoms with van der Waals surface area (Å²) in [7, 11) is 1.44. The highest BCUT2D eigenvalue weighted by Gasteiger charge is 2.55. The number of carbonyl (C=O) groups is 2. The fourth-order valence-electron chi connectivity index (χ4n) is 6.03. The zero-order valence-electron chi connectivity index (χ0n) is 18.8. The molecule has 1 unspecified atom stereocenters. The molecule has 3 aromatic rings. The summed E-state index contributed by atoms with van der Waals surface area (Å²) in [6.07, 6.45) is 6.04. The van der Waals surface area contributed by atoms with Crippen LogP contribution in [0.15, 0.2) is 53.1 Å². The molecule has 4 nitrogen and oxygen atoms in total. The molecule has 6 heteroatoms. The summed E-state index contributed by atoms with van der Waals surface area (Å²) in [5, 5.41) is 0.481. The highest BCUT2D eigenvalue weighted by atomic mass is 79.9. The van der Waals surface area contributed by atoms with Gasteiger partial charge in [0.15, 0.2) is 5.78 Å². The van der Waals surface area contributed by atoms with Crippen molar-refractivity contribution in [3.05, 3.63) is 70.1 Å². The number of benzene rings is 2. The third-order valence-electron chi connectivity index (χ3n) is 7.70. The Labute approximate surface area is 201 Å². The van der Waals surface area contributed by atoms with Crippen molar-refractivity contribution in [2.24, 2.45) is 17.3 Å². The number of carbonyl (C=O) groups excluding carboxylic acids is 2. The quantitative estimate of drug-likeness (QED) is 0.273. The molecule has 2 fully saturated rings. The van der Waals surface area contributed by atoms with Gasteiger partial charge in [-0.1, -0.05) is 28.1 Å². The zero-order valence-corrected chi connectivity index (χ0v) is 20.4. The van der Waals surface area contributed by atoms with Crippen LogP contribution in [0.2, 0.25) is 0 Å². The van der Waals surface area contributed by atoms with Crippen LogP contribution in [0, 0.1) is 23.1 Å². The number of hydrogen-bond donors (Lipinski definition) is 0. The van der Waals surface area contributed by atoms with Gasteiger partial charge >= 0.3 is 5.97 Å². The molecule has 0 saturated heterocycles. The van der Waals surface area contributed by atoms with E-state index in [1.807, 2.05) is 35.0 Å². The van der Waals surface area contributed by atoms with Crippen molar-refractivity contribution in [2.75, 3.05) is 7.11 Å². The first-order valence-corrected chi connectivity index (χ1v) is 12.2. The second-order valence-electron chi connectivity index (χ2n) is 9.84. The molecule has 33 heavy (non-hydrogen) atoms. The average Bonchev–Trinajstić information content (AvgIpc) is 3.20. The van der Waals surface area contributed by atoms with E-state index >= 15 is 0 Å². The lowest BCUT2D eigenvalue weighted by Gasteiger charge is -2.57. The van der Waals surface area contributed by atoms with Gasteiger partial charge in [-0.2, -0.15) is 0 Å². The number of ether oxygens (including phenoxy) is 1. The fraction of sp³-hybridized carbons (Fsp3) is 0.407. The number of Topliss-reactive ketones (excluding diaryl/α,β-unsaturated/α-hetero) is 1. The van der Waals surface area contributed by atoms with Crippen molar-refractivity contribution >= 4 is 38.6 Å². The van der Waals surface area contributed by atoms with Gasteiger partial charge in [0.25, 0.3) is 0 Å². The molecule has 1 spiro atoms. The van der Waals surface area contributed by atoms with E-state index in [4.69, 9.17) is 4.74 Å². The standard InChI is InChI=1S/C27H27BrFNO3/c1-16(18-3-5-20(28)6-4-18)30-10-9-21-23(29)8-7-22(25(21)30)24(31)11-17-12-27(13-17)14-19(15-27)26(32)33-2/h3-10,16-17,19H,11-15H2,1-2H3. The van der Waals surface area contributed by atoms with Crippen LogP contribution in [0.25, 0.3) is 10.9 Å². The molecule has 0 N–H and O–H groups in total. The number of ketones is 1. The summed E-state index contributed by atoms with van der Waals surface area (Å²) >= 11 is 3.47. The monoisotopic (exact) mass is 511 g/mol. The van der Waals surface area contributed by atoms with E-state index in [1.54, 1.807) is 12.1 Å². The molecular weight excluding hydrogens is 485 g/mol. The molecule has 1 heterocycles. The molecule has 2 aromatic carbocycles. The fourth-order valence-corrected chi connectivity index (χ4v) is 6.30. The van der Waals surface area contributed by atoms with E-state index in [0.29, 0.717) is 28.8 Å². The van der Waals surface area contributed by atoms with Crippen LogP contribution in [0.4, 0.5) is 4.39 Å². The summed E-state index contributed by atoms with van der Waals surface area (Å²) < 4.78 is 22.5. The lowest BCUT2D eigenvalue weighted by atomic mass is 9.47. The van der Waals surface area contributed by atoms with E-state index in [1.165, 1.54) is 13.2 Å². The molecule has 172 valence electrons. The second-order valence-corrected chi connectivity index (χ2v) is 10.8. The SMILES string of the molecule is COC(=O)C1CC2(CC(CC(=O)c3ccc(F)c4ccn(C(C)c5ccc(Br)cc5)c34)C2)C1. The van der Waals surface area contributed by atoms with Gasteiger partial charge in [0.1, 0.15) is 5.82 Å². The van der Waals surface area contributed by atoms with Crippen molar-refractivity contribution < 1.29 is 18.7 Å². The Morgan fingerprint density at radius 1 is 1.12 bits per heavy atom. The van der Waals surface area contributed by atoms with Gasteiger partial charge in [0, 0.05) is 28.0 Å². The van der Waals surface area contributed by atoms with E-state index in [-0.39, 0.29) is 34.9 Å². The van der Waals surface area contributed by atoms with Gasteiger partial charge in [-0.05, 0) is 79.8 Å². The number of methoxy groups -OCH3 is 1. The molecule has 0 bridgehead atoms. The van der Waals surface area contributed by atoms with Crippen LogP contribution in [-0.4, -0.2) is 23.4 Å². The largest absolute Gasteiger partial charge is 0.469 e. The summed E-state index contributed by atoms with van der Waals surface area (Å²) in [5.74, 6) is -0.0226. The number of halogens is 2. The van der Waals surface area contributed by atoms with Crippen LogP contribution < -0.4 is 0 Å². The molecule has 1 atom stereocenters. The Balaban J connectivity index is 1.35. The van der Waals surface area contributed by atoms with Crippen molar-refractivity contribution in [3.8, 4) is 0 Å². The Kier molecular flexibility index (Phi) is 5.68. The van der Waals surface area contributed by atoms with Crippen molar-refractivity contribution in [1.82, 2.24) is 4.57 Å². The minimum atomic E-state index is -0.311. The third-order valence-corrected chi connectivity index (χ3v) is 8.23. The van der Waals surface area contributed by atoms with E-state index in [9.17, 15) is 14.0 Å². The number of hydrogen-bond acceptors (Lipinski definition) is 3. The van der Waals surface area contributed by atoms with Gasteiger partial charge in [0.2, 0.25) is 0 Å². The smallest absolute Gasteiger partial charge is 0.308 e. The predicted octanol–water partition coefficient (Wildman–Crippen LogP) is 6.70. The molecular formula is C27H27BrFNO3. The lowest BCUT2D eigenvalue weighted by molar-refractivity contribution is -0.161. The summed E-state index contributed by atoms with van der Waals surface area (Å²) in [6, 6.07) is 12.8. The maximum Gasteiger partial charge on any atom is 0.308 e. The Hall–Kier alpha value is -2.47. The van der Waals surface area contributed by atoms with E-state index < -0.39 is 0 Å². The summed E-state index contributed by atoms with van der Waals surface area (Å²) in [5.41, 5.74) is 2.56. The van der Waals surface area contributed by atoms with Crippen molar-refractivity contribution in [3.63, 3.8) is 0 Å². The number of fused-ring (bicyclic) bond motifs is 1. The molecule has 2 aliphatic rings. The predicted molar refractivity (Wildman–Crippen MR) is 129 cm³/mol. The first-order valence-electron chi connectivity index (χ1n) is 11.5. The minimum Gasteiger partial charge on any atom is -0.469 e. The topological polar surface area (TPSA) is 48.3 Å². The summed E-state index contributed by atoms with van der Waals surface area (Å²) in [4.78, 5) is 25.0. The zero-order chi connectivity index (χ0) is 23.3. The molecule has 0 aliphatic heterocycles. The number of rotatable bonds is 6. The van der Waals surface area contributed by atoms with E-state index in [0.717, 1.165) is 35.7 Å². The van der Waals surface area contributed by atoms with Gasteiger partial charge in [0.05, 0.1) is 24.6 Å². The van der Waals surface area contributed by atoms with Crippen molar-refractivity contribution in [1.29, 1.82) is 0 Å². The molecule has 1 aromatic heterocycles.